The molecule has 1 aromatic rings. The molecule has 1 fully saturated rings. The molecule has 1 spiro atoms. The lowest BCUT2D eigenvalue weighted by Crippen LogP contribution is -2.40. The summed E-state index contributed by atoms with van der Waals surface area (Å²) in [6.45, 7) is 1.53. The molecule has 3 heteroatoms. The second kappa shape index (κ2) is 3.32. The molecule has 2 radical (unpaired) electrons. The molecule has 3 nitrogen and oxygen atoms in total. The van der Waals surface area contributed by atoms with E-state index >= 15 is 0 Å². The number of benzene rings is 1. The van der Waals surface area contributed by atoms with Crippen molar-refractivity contribution in [2.24, 2.45) is 0 Å². The van der Waals surface area contributed by atoms with Crippen LogP contribution in [0.25, 0.3) is 0 Å². The van der Waals surface area contributed by atoms with Gasteiger partial charge in [0.25, 0.3) is 0 Å². The number of hydrogen-bond acceptors (Lipinski definition) is 3. The van der Waals surface area contributed by atoms with Gasteiger partial charge in [-0.2, -0.15) is 0 Å². The van der Waals surface area contributed by atoms with Crippen molar-refractivity contribution >= 4 is 5.97 Å². The Kier molecular flexibility index (Phi) is 2.04. The number of piperidine rings is 1. The van der Waals surface area contributed by atoms with Crippen molar-refractivity contribution in [2.75, 3.05) is 13.1 Å². The van der Waals surface area contributed by atoms with Gasteiger partial charge in [-0.3, -0.25) is 4.90 Å². The molecule has 0 N–H and O–H groups in total. The Labute approximate surface area is 95.0 Å². The van der Waals surface area contributed by atoms with E-state index in [2.05, 4.69) is 0 Å². The molecular formula is C13H13NO2. The minimum absolute atomic E-state index is 0.193. The molecule has 1 aromatic carbocycles. The van der Waals surface area contributed by atoms with E-state index in [4.69, 9.17) is 11.8 Å². The topological polar surface area (TPSA) is 29.5 Å². The smallest absolute Gasteiger partial charge is 0.339 e. The average Bonchev–Trinajstić information content (AvgIpc) is 2.58. The molecule has 2 aliphatic heterocycles. The van der Waals surface area contributed by atoms with Crippen molar-refractivity contribution in [3.8, 4) is 0 Å². The standard InChI is InChI=1S/C13H13NO2/c1-14-8-6-13(7-9-14)11-5-3-2-4-10(11)12(15)16-13/h1-5H,6-9H2. The van der Waals surface area contributed by atoms with Crippen LogP contribution in [0.2, 0.25) is 0 Å². The number of carbonyl (C=O) groups is 1. The van der Waals surface area contributed by atoms with Crippen LogP contribution in [0, 0.1) is 7.05 Å². The maximum Gasteiger partial charge on any atom is 0.339 e. The number of carbonyl (C=O) groups excluding carboxylic acids is 1. The predicted octanol–water partition coefficient (Wildman–Crippen LogP) is 1.82. The highest BCUT2D eigenvalue weighted by molar-refractivity contribution is 5.94. The SMILES string of the molecule is [CH]N1CCC2(CC1)OC(=O)c1ccccc12. The number of fused-ring (bicyclic) bond motifs is 2. The van der Waals surface area contributed by atoms with Crippen LogP contribution in [-0.4, -0.2) is 24.0 Å². The Morgan fingerprint density at radius 3 is 2.69 bits per heavy atom. The largest absolute Gasteiger partial charge is 0.450 e. The summed E-state index contributed by atoms with van der Waals surface area (Å²) < 4.78 is 5.59. The summed E-state index contributed by atoms with van der Waals surface area (Å²) in [5.41, 5.74) is 1.34. The van der Waals surface area contributed by atoms with Gasteiger partial charge in [-0.1, -0.05) is 18.2 Å². The van der Waals surface area contributed by atoms with Gasteiger partial charge in [-0.05, 0) is 6.07 Å². The van der Waals surface area contributed by atoms with Crippen LogP contribution in [0.15, 0.2) is 24.3 Å². The van der Waals surface area contributed by atoms with Crippen LogP contribution in [-0.2, 0) is 10.3 Å². The minimum atomic E-state index is -0.413. The zero-order valence-corrected chi connectivity index (χ0v) is 8.98. The molecule has 3 rings (SSSR count). The lowest BCUT2D eigenvalue weighted by molar-refractivity contribution is -0.0372. The molecular weight excluding hydrogens is 202 g/mol. The predicted molar refractivity (Wildman–Crippen MR) is 58.6 cm³/mol. The highest BCUT2D eigenvalue weighted by Crippen LogP contribution is 2.43. The Morgan fingerprint density at radius 1 is 1.25 bits per heavy atom. The molecule has 0 atom stereocenters. The fourth-order valence-electron chi connectivity index (χ4n) is 2.60. The van der Waals surface area contributed by atoms with Crippen molar-refractivity contribution in [2.45, 2.75) is 18.4 Å². The van der Waals surface area contributed by atoms with E-state index in [0.29, 0.717) is 5.56 Å². The third-order valence-corrected chi connectivity index (χ3v) is 3.53. The first-order valence-electron chi connectivity index (χ1n) is 5.54. The van der Waals surface area contributed by atoms with E-state index in [0.717, 1.165) is 31.5 Å². The van der Waals surface area contributed by atoms with Crippen LogP contribution >= 0.6 is 0 Å². The Balaban J connectivity index is 2.02. The summed E-state index contributed by atoms with van der Waals surface area (Å²) in [6, 6.07) is 7.65. The summed E-state index contributed by atoms with van der Waals surface area (Å²) in [6.07, 6.45) is 1.57. The van der Waals surface area contributed by atoms with E-state index in [1.165, 1.54) is 0 Å². The van der Waals surface area contributed by atoms with Crippen molar-refractivity contribution in [3.05, 3.63) is 42.4 Å². The van der Waals surface area contributed by atoms with Crippen LogP contribution in [0.1, 0.15) is 28.8 Å². The van der Waals surface area contributed by atoms with E-state index in [-0.39, 0.29) is 5.97 Å². The van der Waals surface area contributed by atoms with Gasteiger partial charge in [0.05, 0.1) is 5.56 Å². The van der Waals surface area contributed by atoms with Crippen molar-refractivity contribution in [1.29, 1.82) is 0 Å². The van der Waals surface area contributed by atoms with Crippen molar-refractivity contribution in [3.63, 3.8) is 0 Å². The van der Waals surface area contributed by atoms with Crippen LogP contribution in [0.5, 0.6) is 0 Å². The van der Waals surface area contributed by atoms with Crippen LogP contribution in [0.3, 0.4) is 0 Å². The highest BCUT2D eigenvalue weighted by atomic mass is 16.6. The second-order valence-electron chi connectivity index (χ2n) is 4.47. The second-order valence-corrected chi connectivity index (χ2v) is 4.47. The zero-order valence-electron chi connectivity index (χ0n) is 8.98. The molecule has 2 heterocycles. The van der Waals surface area contributed by atoms with E-state index in [1.54, 1.807) is 4.90 Å². The molecule has 0 aliphatic carbocycles. The molecule has 0 aromatic heterocycles. The highest BCUT2D eigenvalue weighted by Gasteiger charge is 2.46. The monoisotopic (exact) mass is 215 g/mol. The first-order valence-corrected chi connectivity index (χ1v) is 5.54. The number of esters is 1. The van der Waals surface area contributed by atoms with E-state index in [1.807, 2.05) is 24.3 Å². The Bertz CT molecular complexity index is 433. The van der Waals surface area contributed by atoms with Gasteiger partial charge in [0.15, 0.2) is 0 Å². The maximum absolute atomic E-state index is 11.8. The number of ether oxygens (including phenoxy) is 1. The van der Waals surface area contributed by atoms with Gasteiger partial charge in [0.1, 0.15) is 5.60 Å². The summed E-state index contributed by atoms with van der Waals surface area (Å²) in [5, 5.41) is 0. The van der Waals surface area contributed by atoms with Gasteiger partial charge in [-0.15, -0.1) is 0 Å². The first kappa shape index (κ1) is 9.85. The Morgan fingerprint density at radius 2 is 1.94 bits per heavy atom. The molecule has 2 aliphatic rings. The summed E-state index contributed by atoms with van der Waals surface area (Å²) in [4.78, 5) is 13.5. The summed E-state index contributed by atoms with van der Waals surface area (Å²) in [5.74, 6) is -0.193. The molecule has 1 saturated heterocycles. The third-order valence-electron chi connectivity index (χ3n) is 3.53. The number of likely N-dealkylation sites (tertiary alicyclic amines) is 1. The number of rotatable bonds is 0. The van der Waals surface area contributed by atoms with Gasteiger partial charge >= 0.3 is 5.97 Å². The first-order chi connectivity index (χ1) is 7.71. The molecule has 0 unspecified atom stereocenters. The fraction of sp³-hybridized carbons (Fsp3) is 0.385. The maximum atomic E-state index is 11.8. The van der Waals surface area contributed by atoms with Gasteiger partial charge in [0.2, 0.25) is 0 Å². The van der Waals surface area contributed by atoms with Crippen molar-refractivity contribution < 1.29 is 9.53 Å². The molecule has 16 heavy (non-hydrogen) atoms. The normalized spacial score (nSPS) is 23.2. The third kappa shape index (κ3) is 1.28. The molecule has 0 amide bonds. The average molecular weight is 215 g/mol. The molecule has 0 bridgehead atoms. The Hall–Kier alpha value is -1.35. The summed E-state index contributed by atoms with van der Waals surface area (Å²) in [7, 11) is 5.73. The number of nitrogens with zero attached hydrogens (tertiary/aromatic N) is 1. The van der Waals surface area contributed by atoms with Gasteiger partial charge < -0.3 is 4.74 Å². The van der Waals surface area contributed by atoms with Crippen LogP contribution in [0.4, 0.5) is 0 Å². The molecule has 82 valence electrons. The summed E-state index contributed by atoms with van der Waals surface area (Å²) >= 11 is 0. The molecule has 0 saturated carbocycles. The minimum Gasteiger partial charge on any atom is -0.450 e. The quantitative estimate of drug-likeness (QED) is 0.618. The van der Waals surface area contributed by atoms with Crippen LogP contribution < -0.4 is 0 Å². The lowest BCUT2D eigenvalue weighted by Gasteiger charge is -2.36. The lowest BCUT2D eigenvalue weighted by atomic mass is 9.84. The van der Waals surface area contributed by atoms with E-state index in [9.17, 15) is 4.79 Å². The van der Waals surface area contributed by atoms with Gasteiger partial charge in [0, 0.05) is 38.5 Å². The zero-order chi connectivity index (χ0) is 11.2. The van der Waals surface area contributed by atoms with E-state index < -0.39 is 5.60 Å². The van der Waals surface area contributed by atoms with Gasteiger partial charge in [-0.25, -0.2) is 4.79 Å². The number of hydrogen-bond donors (Lipinski definition) is 0. The van der Waals surface area contributed by atoms with Crippen molar-refractivity contribution in [1.82, 2.24) is 4.90 Å². The fourth-order valence-corrected chi connectivity index (χ4v) is 2.60.